The maximum absolute atomic E-state index is 3.64. The molecule has 1 aromatic carbocycles. The van der Waals surface area contributed by atoms with E-state index < -0.39 is 0 Å². The molecule has 94 valence electrons. The van der Waals surface area contributed by atoms with Crippen molar-refractivity contribution in [1.29, 1.82) is 0 Å². The maximum Gasteiger partial charge on any atom is 0.0456 e. The minimum absolute atomic E-state index is 0.547. The lowest BCUT2D eigenvalue weighted by molar-refractivity contribution is 0.296. The monoisotopic (exact) mass is 240 g/mol. The molecule has 2 aromatic rings. The number of hydrogen-bond acceptors (Lipinski definition) is 1. The van der Waals surface area contributed by atoms with Crippen LogP contribution in [0.5, 0.6) is 0 Å². The predicted molar refractivity (Wildman–Crippen MR) is 74.8 cm³/mol. The van der Waals surface area contributed by atoms with Gasteiger partial charge in [0.1, 0.15) is 0 Å². The highest BCUT2D eigenvalue weighted by Gasteiger charge is 2.45. The molecule has 2 fully saturated rings. The molecule has 1 saturated heterocycles. The van der Waals surface area contributed by atoms with Crippen molar-refractivity contribution >= 4 is 10.9 Å². The summed E-state index contributed by atoms with van der Waals surface area (Å²) in [6.45, 7) is 2.37. The fourth-order valence-corrected chi connectivity index (χ4v) is 4.23. The van der Waals surface area contributed by atoms with Crippen molar-refractivity contribution in [2.45, 2.75) is 31.6 Å². The molecule has 1 spiro atoms. The van der Waals surface area contributed by atoms with Crippen LogP contribution >= 0.6 is 0 Å². The molecular formula is C16H20N2. The number of fused-ring (bicyclic) bond motifs is 1. The molecule has 0 bridgehead atoms. The van der Waals surface area contributed by atoms with E-state index in [0.29, 0.717) is 11.3 Å². The minimum atomic E-state index is 0.547. The summed E-state index contributed by atoms with van der Waals surface area (Å²) >= 11 is 0. The Bertz CT molecular complexity index is 558. The maximum atomic E-state index is 3.64. The Morgan fingerprint density at radius 3 is 2.83 bits per heavy atom. The summed E-state index contributed by atoms with van der Waals surface area (Å²) in [6, 6.07) is 8.72. The van der Waals surface area contributed by atoms with Gasteiger partial charge in [-0.05, 0) is 29.9 Å². The van der Waals surface area contributed by atoms with Crippen LogP contribution in [0.15, 0.2) is 30.5 Å². The smallest absolute Gasteiger partial charge is 0.0456 e. The Kier molecular flexibility index (Phi) is 2.28. The number of rotatable bonds is 1. The average Bonchev–Trinajstić information content (AvgIpc) is 3.11. The van der Waals surface area contributed by atoms with Crippen LogP contribution in [-0.4, -0.2) is 18.1 Å². The van der Waals surface area contributed by atoms with Crippen LogP contribution in [0.3, 0.4) is 0 Å². The Morgan fingerprint density at radius 2 is 1.94 bits per heavy atom. The first kappa shape index (κ1) is 10.6. The normalized spacial score (nSPS) is 26.3. The van der Waals surface area contributed by atoms with Gasteiger partial charge in [0.25, 0.3) is 0 Å². The zero-order valence-corrected chi connectivity index (χ0v) is 10.7. The Hall–Kier alpha value is -1.28. The lowest BCUT2D eigenvalue weighted by Gasteiger charge is -2.30. The van der Waals surface area contributed by atoms with E-state index in [1.807, 2.05) is 0 Å². The summed E-state index contributed by atoms with van der Waals surface area (Å²) < 4.78 is 0. The fourth-order valence-electron chi connectivity index (χ4n) is 4.23. The SMILES string of the molecule is c1ccc2c(C3CNCC34CCCC4)c[nH]c2c1. The van der Waals surface area contributed by atoms with Crippen molar-refractivity contribution < 1.29 is 0 Å². The second-order valence-electron chi connectivity index (χ2n) is 6.04. The molecule has 18 heavy (non-hydrogen) atoms. The quantitative estimate of drug-likeness (QED) is 0.785. The van der Waals surface area contributed by atoms with Crippen molar-refractivity contribution in [3.05, 3.63) is 36.0 Å². The van der Waals surface area contributed by atoms with Gasteiger partial charge in [-0.1, -0.05) is 31.0 Å². The van der Waals surface area contributed by atoms with Crippen molar-refractivity contribution in [2.75, 3.05) is 13.1 Å². The van der Waals surface area contributed by atoms with Gasteiger partial charge in [0.05, 0.1) is 0 Å². The summed E-state index contributed by atoms with van der Waals surface area (Å²) in [5.41, 5.74) is 3.37. The van der Waals surface area contributed by atoms with E-state index in [9.17, 15) is 0 Å². The molecule has 0 radical (unpaired) electrons. The van der Waals surface area contributed by atoms with Crippen LogP contribution in [0, 0.1) is 5.41 Å². The number of aromatic amines is 1. The Morgan fingerprint density at radius 1 is 1.11 bits per heavy atom. The number of nitrogens with one attached hydrogen (secondary N) is 2. The molecule has 1 aliphatic carbocycles. The van der Waals surface area contributed by atoms with E-state index in [1.54, 1.807) is 0 Å². The number of H-pyrrole nitrogens is 1. The second kappa shape index (κ2) is 3.86. The molecule has 2 N–H and O–H groups in total. The van der Waals surface area contributed by atoms with E-state index in [1.165, 1.54) is 48.7 Å². The lowest BCUT2D eigenvalue weighted by atomic mass is 9.73. The van der Waals surface area contributed by atoms with Gasteiger partial charge in [0.2, 0.25) is 0 Å². The zero-order valence-electron chi connectivity index (χ0n) is 10.7. The van der Waals surface area contributed by atoms with Gasteiger partial charge in [0.15, 0.2) is 0 Å². The molecule has 2 heteroatoms. The van der Waals surface area contributed by atoms with E-state index in [0.717, 1.165) is 6.54 Å². The van der Waals surface area contributed by atoms with Gasteiger partial charge in [-0.3, -0.25) is 0 Å². The number of para-hydroxylation sites is 1. The van der Waals surface area contributed by atoms with Crippen molar-refractivity contribution in [2.24, 2.45) is 5.41 Å². The summed E-state index contributed by atoms with van der Waals surface area (Å²) in [5, 5.41) is 5.07. The molecule has 2 aliphatic rings. The highest BCUT2D eigenvalue weighted by molar-refractivity contribution is 5.83. The van der Waals surface area contributed by atoms with E-state index in [-0.39, 0.29) is 0 Å². The number of hydrogen-bond donors (Lipinski definition) is 2. The van der Waals surface area contributed by atoms with Gasteiger partial charge < -0.3 is 10.3 Å². The third-order valence-electron chi connectivity index (χ3n) is 5.16. The average molecular weight is 240 g/mol. The van der Waals surface area contributed by atoms with Gasteiger partial charge in [-0.2, -0.15) is 0 Å². The first-order valence-corrected chi connectivity index (χ1v) is 7.16. The highest BCUT2D eigenvalue weighted by atomic mass is 14.9. The van der Waals surface area contributed by atoms with Crippen LogP contribution in [0.4, 0.5) is 0 Å². The lowest BCUT2D eigenvalue weighted by Crippen LogP contribution is -2.25. The van der Waals surface area contributed by atoms with Crippen molar-refractivity contribution in [3.63, 3.8) is 0 Å². The summed E-state index contributed by atoms with van der Waals surface area (Å²) in [5.74, 6) is 0.705. The Labute approximate surface area is 108 Å². The second-order valence-corrected chi connectivity index (χ2v) is 6.04. The van der Waals surface area contributed by atoms with Crippen LogP contribution < -0.4 is 5.32 Å². The topological polar surface area (TPSA) is 27.8 Å². The minimum Gasteiger partial charge on any atom is -0.361 e. The summed E-state index contributed by atoms with van der Waals surface area (Å²) in [4.78, 5) is 3.44. The molecule has 1 saturated carbocycles. The van der Waals surface area contributed by atoms with Crippen LogP contribution in [-0.2, 0) is 0 Å². The molecule has 0 amide bonds. The van der Waals surface area contributed by atoms with Crippen LogP contribution in [0.2, 0.25) is 0 Å². The van der Waals surface area contributed by atoms with Crippen molar-refractivity contribution in [3.8, 4) is 0 Å². The van der Waals surface area contributed by atoms with Gasteiger partial charge >= 0.3 is 0 Å². The van der Waals surface area contributed by atoms with Gasteiger partial charge in [-0.25, -0.2) is 0 Å². The van der Waals surface area contributed by atoms with Crippen LogP contribution in [0.1, 0.15) is 37.2 Å². The molecule has 2 heterocycles. The summed E-state index contributed by atoms with van der Waals surface area (Å²) in [6.07, 6.45) is 7.90. The third kappa shape index (κ3) is 1.39. The molecule has 4 rings (SSSR count). The third-order valence-corrected chi connectivity index (χ3v) is 5.16. The highest BCUT2D eigenvalue weighted by Crippen LogP contribution is 2.51. The molecule has 1 aromatic heterocycles. The standard InChI is InChI=1S/C16H20N2/c1-2-6-15-12(5-1)13(9-18-15)14-10-17-11-16(14)7-3-4-8-16/h1-2,5-6,9,14,17-18H,3-4,7-8,10-11H2. The van der Waals surface area contributed by atoms with E-state index >= 15 is 0 Å². The Balaban J connectivity index is 1.82. The van der Waals surface area contributed by atoms with E-state index in [4.69, 9.17) is 0 Å². The molecule has 1 aliphatic heterocycles. The molecule has 1 atom stereocenters. The predicted octanol–water partition coefficient (Wildman–Crippen LogP) is 3.42. The number of benzene rings is 1. The molecular weight excluding hydrogens is 220 g/mol. The molecule has 2 nitrogen and oxygen atoms in total. The van der Waals surface area contributed by atoms with Gasteiger partial charge in [0, 0.05) is 36.1 Å². The van der Waals surface area contributed by atoms with E-state index in [2.05, 4.69) is 40.8 Å². The largest absolute Gasteiger partial charge is 0.361 e. The van der Waals surface area contributed by atoms with Crippen LogP contribution in [0.25, 0.3) is 10.9 Å². The number of aromatic nitrogens is 1. The first-order chi connectivity index (χ1) is 8.89. The summed E-state index contributed by atoms with van der Waals surface area (Å²) in [7, 11) is 0. The molecule has 1 unspecified atom stereocenters. The fraction of sp³-hybridized carbons (Fsp3) is 0.500. The zero-order chi connectivity index (χ0) is 12.0. The van der Waals surface area contributed by atoms with Crippen molar-refractivity contribution in [1.82, 2.24) is 10.3 Å². The van der Waals surface area contributed by atoms with Gasteiger partial charge in [-0.15, -0.1) is 0 Å². The first-order valence-electron chi connectivity index (χ1n) is 7.16.